The third-order valence-corrected chi connectivity index (χ3v) is 6.31. The van der Waals surface area contributed by atoms with Crippen LogP contribution in [0.2, 0.25) is 0 Å². The highest BCUT2D eigenvalue weighted by Gasteiger charge is 2.43. The maximum atomic E-state index is 5.85. The maximum absolute atomic E-state index is 5.85. The summed E-state index contributed by atoms with van der Waals surface area (Å²) in [5.41, 5.74) is 5.53. The van der Waals surface area contributed by atoms with E-state index in [9.17, 15) is 0 Å². The van der Waals surface area contributed by atoms with Crippen LogP contribution >= 0.6 is 12.2 Å². The highest BCUT2D eigenvalue weighted by molar-refractivity contribution is 7.80. The minimum Gasteiger partial charge on any atom is -0.497 e. The fourth-order valence-corrected chi connectivity index (χ4v) is 4.87. The van der Waals surface area contributed by atoms with Gasteiger partial charge in [-0.1, -0.05) is 6.07 Å². The normalized spacial score (nSPS) is 18.2. The Morgan fingerprint density at radius 2 is 1.90 bits per heavy atom. The van der Waals surface area contributed by atoms with Gasteiger partial charge in [0.1, 0.15) is 11.5 Å². The highest BCUT2D eigenvalue weighted by atomic mass is 32.1. The third kappa shape index (κ3) is 3.63. The Kier molecular flexibility index (Phi) is 5.87. The van der Waals surface area contributed by atoms with Crippen molar-refractivity contribution in [1.82, 2.24) is 14.9 Å². The summed E-state index contributed by atoms with van der Waals surface area (Å²) >= 11 is 5.85. The summed E-state index contributed by atoms with van der Waals surface area (Å²) in [5.74, 6) is 1.44. The summed E-state index contributed by atoms with van der Waals surface area (Å²) in [4.78, 5) is 6.79. The molecule has 0 bridgehead atoms. The lowest BCUT2D eigenvalue weighted by molar-refractivity contribution is 0.394. The molecule has 0 amide bonds. The van der Waals surface area contributed by atoms with Crippen LogP contribution in [0.5, 0.6) is 11.5 Å². The Labute approximate surface area is 188 Å². The van der Waals surface area contributed by atoms with Crippen LogP contribution in [0.25, 0.3) is 0 Å². The van der Waals surface area contributed by atoms with Crippen LogP contribution in [0.3, 0.4) is 0 Å². The SMILES string of the molecule is CCn1c(C)cc([C@H]2[C@@H](c3ccccn3)NC(=S)N2c2ccc(OC)cc2OC)c1C. The minimum absolute atomic E-state index is 0.0730. The van der Waals surface area contributed by atoms with Crippen molar-refractivity contribution in [2.75, 3.05) is 19.1 Å². The summed E-state index contributed by atoms with van der Waals surface area (Å²) in [5, 5.41) is 4.16. The second-order valence-electron chi connectivity index (χ2n) is 7.61. The van der Waals surface area contributed by atoms with E-state index in [-0.39, 0.29) is 12.1 Å². The number of aromatic nitrogens is 2. The zero-order valence-electron chi connectivity index (χ0n) is 18.5. The summed E-state index contributed by atoms with van der Waals surface area (Å²) in [7, 11) is 3.31. The molecule has 162 valence electrons. The van der Waals surface area contributed by atoms with E-state index in [2.05, 4.69) is 46.6 Å². The molecule has 2 aromatic heterocycles. The first kappa shape index (κ1) is 21.2. The van der Waals surface area contributed by atoms with Gasteiger partial charge in [-0.05, 0) is 68.9 Å². The lowest BCUT2D eigenvalue weighted by Crippen LogP contribution is -2.30. The molecule has 1 saturated heterocycles. The van der Waals surface area contributed by atoms with E-state index in [1.54, 1.807) is 14.2 Å². The lowest BCUT2D eigenvalue weighted by Gasteiger charge is -2.29. The number of nitrogens with one attached hydrogen (secondary N) is 1. The Morgan fingerprint density at radius 1 is 1.10 bits per heavy atom. The predicted octanol–water partition coefficient (Wildman–Crippen LogP) is 4.71. The van der Waals surface area contributed by atoms with E-state index in [1.165, 1.54) is 17.0 Å². The molecule has 3 heterocycles. The van der Waals surface area contributed by atoms with Crippen molar-refractivity contribution in [2.24, 2.45) is 0 Å². The number of rotatable bonds is 6. The molecule has 2 atom stereocenters. The topological polar surface area (TPSA) is 51.6 Å². The number of ether oxygens (including phenoxy) is 2. The molecule has 0 radical (unpaired) electrons. The van der Waals surface area contributed by atoms with Crippen LogP contribution in [0.1, 0.15) is 41.7 Å². The summed E-state index contributed by atoms with van der Waals surface area (Å²) in [6.45, 7) is 7.41. The van der Waals surface area contributed by atoms with Crippen molar-refractivity contribution in [1.29, 1.82) is 0 Å². The number of benzene rings is 1. The van der Waals surface area contributed by atoms with E-state index < -0.39 is 0 Å². The molecule has 0 spiro atoms. The van der Waals surface area contributed by atoms with Gasteiger partial charge in [0, 0.05) is 30.2 Å². The first-order valence-electron chi connectivity index (χ1n) is 10.4. The van der Waals surface area contributed by atoms with Crippen molar-refractivity contribution in [3.63, 3.8) is 0 Å². The molecule has 31 heavy (non-hydrogen) atoms. The molecule has 0 aliphatic carbocycles. The average molecular weight is 437 g/mol. The summed E-state index contributed by atoms with van der Waals surface area (Å²) in [6.07, 6.45) is 1.82. The number of aryl methyl sites for hydroxylation is 1. The molecule has 0 saturated carbocycles. The molecular weight excluding hydrogens is 408 g/mol. The van der Waals surface area contributed by atoms with Crippen molar-refractivity contribution < 1.29 is 9.47 Å². The van der Waals surface area contributed by atoms with Crippen molar-refractivity contribution >= 4 is 23.0 Å². The Morgan fingerprint density at radius 3 is 2.52 bits per heavy atom. The summed E-state index contributed by atoms with van der Waals surface area (Å²) in [6, 6.07) is 13.9. The van der Waals surface area contributed by atoms with Crippen LogP contribution in [0, 0.1) is 13.8 Å². The molecule has 6 nitrogen and oxygen atoms in total. The summed E-state index contributed by atoms with van der Waals surface area (Å²) < 4.78 is 13.4. The fraction of sp³-hybridized carbons (Fsp3) is 0.333. The van der Waals surface area contributed by atoms with Crippen LogP contribution in [-0.2, 0) is 6.54 Å². The number of nitrogens with zero attached hydrogens (tertiary/aromatic N) is 3. The van der Waals surface area contributed by atoms with Gasteiger partial charge in [0.15, 0.2) is 5.11 Å². The number of methoxy groups -OCH3 is 2. The van der Waals surface area contributed by atoms with Gasteiger partial charge in [0.25, 0.3) is 0 Å². The fourth-order valence-electron chi connectivity index (χ4n) is 4.53. The monoisotopic (exact) mass is 436 g/mol. The van der Waals surface area contributed by atoms with Gasteiger partial charge in [-0.2, -0.15) is 0 Å². The molecule has 1 N–H and O–H groups in total. The molecule has 1 fully saturated rings. The zero-order chi connectivity index (χ0) is 22.1. The quantitative estimate of drug-likeness (QED) is 0.565. The number of pyridine rings is 1. The van der Waals surface area contributed by atoms with Gasteiger partial charge >= 0.3 is 0 Å². The molecule has 1 aromatic carbocycles. The standard InChI is InChI=1S/C24H28N4O2S/c1-6-27-15(2)13-18(16(27)3)23-22(19-9-7-8-12-25-19)26-24(31)28(23)20-11-10-17(29-4)14-21(20)30-5/h7-14,22-23H,6H2,1-5H3,(H,26,31)/t22-,23+/m1/s1. The van der Waals surface area contributed by atoms with E-state index in [1.807, 2.05) is 42.6 Å². The second-order valence-corrected chi connectivity index (χ2v) is 7.99. The number of thiocarbonyl (C=S) groups is 1. The smallest absolute Gasteiger partial charge is 0.174 e. The number of anilines is 1. The van der Waals surface area contributed by atoms with Crippen LogP contribution in [0.15, 0.2) is 48.7 Å². The van der Waals surface area contributed by atoms with E-state index >= 15 is 0 Å². The molecule has 0 unspecified atom stereocenters. The van der Waals surface area contributed by atoms with Gasteiger partial charge in [0.2, 0.25) is 0 Å². The van der Waals surface area contributed by atoms with Gasteiger partial charge < -0.3 is 24.3 Å². The molecule has 7 heteroatoms. The van der Waals surface area contributed by atoms with Crippen LogP contribution in [-0.4, -0.2) is 28.9 Å². The zero-order valence-corrected chi connectivity index (χ0v) is 19.4. The Hall–Kier alpha value is -3.06. The number of hydrogen-bond donors (Lipinski definition) is 1. The molecule has 3 aromatic rings. The largest absolute Gasteiger partial charge is 0.497 e. The Balaban J connectivity index is 1.91. The maximum Gasteiger partial charge on any atom is 0.174 e. The van der Waals surface area contributed by atoms with E-state index in [4.69, 9.17) is 21.7 Å². The average Bonchev–Trinajstić information content (AvgIpc) is 3.28. The van der Waals surface area contributed by atoms with E-state index in [0.29, 0.717) is 10.9 Å². The van der Waals surface area contributed by atoms with Crippen molar-refractivity contribution in [3.8, 4) is 11.5 Å². The molecule has 1 aliphatic heterocycles. The van der Waals surface area contributed by atoms with E-state index in [0.717, 1.165) is 23.7 Å². The van der Waals surface area contributed by atoms with Crippen LogP contribution < -0.4 is 19.7 Å². The molecule has 1 aliphatic rings. The van der Waals surface area contributed by atoms with Gasteiger partial charge in [-0.3, -0.25) is 4.98 Å². The number of hydrogen-bond acceptors (Lipinski definition) is 4. The molecule has 4 rings (SSSR count). The first-order chi connectivity index (χ1) is 15.0. The van der Waals surface area contributed by atoms with Gasteiger partial charge in [-0.15, -0.1) is 0 Å². The van der Waals surface area contributed by atoms with Crippen molar-refractivity contribution in [3.05, 3.63) is 71.3 Å². The lowest BCUT2D eigenvalue weighted by atomic mass is 9.96. The van der Waals surface area contributed by atoms with Crippen LogP contribution in [0.4, 0.5) is 5.69 Å². The molecular formula is C24H28N4O2S. The van der Waals surface area contributed by atoms with Crippen molar-refractivity contribution in [2.45, 2.75) is 39.4 Å². The van der Waals surface area contributed by atoms with Gasteiger partial charge in [0.05, 0.1) is 37.7 Å². The predicted molar refractivity (Wildman–Crippen MR) is 127 cm³/mol. The Bertz CT molecular complexity index is 1100. The highest BCUT2D eigenvalue weighted by Crippen LogP contribution is 2.46. The second kappa shape index (κ2) is 8.59. The first-order valence-corrected chi connectivity index (χ1v) is 10.8. The third-order valence-electron chi connectivity index (χ3n) is 5.99. The minimum atomic E-state index is -0.0914. The van der Waals surface area contributed by atoms with Gasteiger partial charge in [-0.25, -0.2) is 0 Å².